The number of aliphatic hydroxyl groups excluding tert-OH is 2. The van der Waals surface area contributed by atoms with Crippen LogP contribution in [0.4, 0.5) is 0 Å². The fourth-order valence-corrected chi connectivity index (χ4v) is 5.26. The van der Waals surface area contributed by atoms with Gasteiger partial charge in [-0.05, 0) is 55.8 Å². The van der Waals surface area contributed by atoms with Crippen molar-refractivity contribution >= 4 is 5.97 Å². The molecule has 3 aliphatic rings. The Hall–Kier alpha value is -0.910. The molecule has 5 unspecified atom stereocenters. The van der Waals surface area contributed by atoms with Gasteiger partial charge in [-0.25, -0.2) is 4.79 Å². The molecule has 7 atom stereocenters. The molecular formula is C19H30O5. The third kappa shape index (κ3) is 2.80. The van der Waals surface area contributed by atoms with Crippen LogP contribution in [0.2, 0.25) is 0 Å². The molecule has 0 aromatic rings. The number of aliphatic hydroxyl groups is 2. The second-order valence-electron chi connectivity index (χ2n) is 8.25. The van der Waals surface area contributed by atoms with Gasteiger partial charge in [-0.15, -0.1) is 0 Å². The lowest BCUT2D eigenvalue weighted by Gasteiger charge is -2.44. The first-order chi connectivity index (χ1) is 11.3. The standard InChI is InChI=1S/C19H30O5/c1-12(6-9-16(21)19(3)17(22)23-11-24-19)13-7-8-14-15(20)5-4-10-18(13,14)2/h6,9,12-16,20-21H,4-5,7-8,10-11H2,1-3H3/b9-6+/t12-,13?,14?,15?,16?,18?,19-/m1/s1. The molecule has 5 nitrogen and oxygen atoms in total. The molecule has 5 heteroatoms. The Morgan fingerprint density at radius 3 is 2.67 bits per heavy atom. The van der Waals surface area contributed by atoms with Crippen molar-refractivity contribution in [2.45, 2.75) is 70.7 Å². The SMILES string of the molecule is C[C@H](/C=C/C(O)[C@@]1(C)OCOC1=O)C1CCC2C(O)CCCC21C. The Morgan fingerprint density at radius 2 is 2.00 bits per heavy atom. The number of esters is 1. The van der Waals surface area contributed by atoms with E-state index in [0.29, 0.717) is 11.8 Å². The maximum absolute atomic E-state index is 11.7. The minimum Gasteiger partial charge on any atom is -0.436 e. The molecule has 0 aromatic heterocycles. The molecule has 0 radical (unpaired) electrons. The molecule has 1 saturated heterocycles. The zero-order valence-corrected chi connectivity index (χ0v) is 14.9. The van der Waals surface area contributed by atoms with Crippen LogP contribution in [0.1, 0.15) is 52.9 Å². The second-order valence-corrected chi connectivity index (χ2v) is 8.25. The van der Waals surface area contributed by atoms with Crippen LogP contribution >= 0.6 is 0 Å². The molecule has 0 bridgehead atoms. The van der Waals surface area contributed by atoms with Crippen LogP contribution in [0, 0.1) is 23.2 Å². The average molecular weight is 338 g/mol. The van der Waals surface area contributed by atoms with E-state index in [2.05, 4.69) is 13.8 Å². The number of hydrogen-bond acceptors (Lipinski definition) is 5. The fraction of sp³-hybridized carbons (Fsp3) is 0.842. The Labute approximate surface area is 144 Å². The van der Waals surface area contributed by atoms with Gasteiger partial charge in [-0.1, -0.05) is 32.4 Å². The van der Waals surface area contributed by atoms with Crippen molar-refractivity contribution in [2.24, 2.45) is 23.2 Å². The van der Waals surface area contributed by atoms with Gasteiger partial charge >= 0.3 is 5.97 Å². The molecule has 2 saturated carbocycles. The number of carbonyl (C=O) groups excluding carboxylic acids is 1. The predicted molar refractivity (Wildman–Crippen MR) is 88.9 cm³/mol. The number of fused-ring (bicyclic) bond motifs is 1. The number of hydrogen-bond donors (Lipinski definition) is 2. The predicted octanol–water partition coefficient (Wildman–Crippen LogP) is 2.41. The molecule has 1 aliphatic heterocycles. The van der Waals surface area contributed by atoms with Crippen molar-refractivity contribution in [1.29, 1.82) is 0 Å². The highest BCUT2D eigenvalue weighted by molar-refractivity contribution is 5.81. The molecular weight excluding hydrogens is 308 g/mol. The molecule has 2 aliphatic carbocycles. The third-order valence-electron chi connectivity index (χ3n) is 6.91. The van der Waals surface area contributed by atoms with E-state index in [-0.39, 0.29) is 24.2 Å². The Morgan fingerprint density at radius 1 is 1.25 bits per heavy atom. The van der Waals surface area contributed by atoms with E-state index in [1.807, 2.05) is 6.08 Å². The summed E-state index contributed by atoms with van der Waals surface area (Å²) in [5.74, 6) is 0.643. The van der Waals surface area contributed by atoms with Crippen LogP contribution in [-0.2, 0) is 14.3 Å². The van der Waals surface area contributed by atoms with Crippen LogP contribution in [-0.4, -0.2) is 40.8 Å². The molecule has 136 valence electrons. The summed E-state index contributed by atoms with van der Waals surface area (Å²) >= 11 is 0. The summed E-state index contributed by atoms with van der Waals surface area (Å²) in [6.07, 6.45) is 7.85. The lowest BCUT2D eigenvalue weighted by atomic mass is 9.62. The molecule has 1 heterocycles. The van der Waals surface area contributed by atoms with Crippen molar-refractivity contribution in [3.05, 3.63) is 12.2 Å². The molecule has 3 rings (SSSR count). The van der Waals surface area contributed by atoms with Gasteiger partial charge in [0.15, 0.2) is 12.4 Å². The van der Waals surface area contributed by atoms with Gasteiger partial charge in [0.2, 0.25) is 0 Å². The van der Waals surface area contributed by atoms with Crippen molar-refractivity contribution < 1.29 is 24.5 Å². The Bertz CT molecular complexity index is 518. The first kappa shape index (κ1) is 17.9. The van der Waals surface area contributed by atoms with Crippen molar-refractivity contribution in [1.82, 2.24) is 0 Å². The number of cyclic esters (lactones) is 1. The van der Waals surface area contributed by atoms with Crippen LogP contribution in [0.3, 0.4) is 0 Å². The molecule has 2 N–H and O–H groups in total. The maximum atomic E-state index is 11.7. The zero-order valence-electron chi connectivity index (χ0n) is 14.9. The zero-order chi connectivity index (χ0) is 17.5. The lowest BCUT2D eigenvalue weighted by molar-refractivity contribution is -0.147. The van der Waals surface area contributed by atoms with Crippen LogP contribution in [0.25, 0.3) is 0 Å². The van der Waals surface area contributed by atoms with Gasteiger partial charge in [-0.2, -0.15) is 0 Å². The maximum Gasteiger partial charge on any atom is 0.343 e. The summed E-state index contributed by atoms with van der Waals surface area (Å²) in [6.45, 7) is 5.94. The van der Waals surface area contributed by atoms with Crippen molar-refractivity contribution in [3.8, 4) is 0 Å². The molecule has 0 amide bonds. The topological polar surface area (TPSA) is 76.0 Å². The number of rotatable bonds is 4. The van der Waals surface area contributed by atoms with E-state index in [1.54, 1.807) is 13.0 Å². The van der Waals surface area contributed by atoms with Gasteiger partial charge in [0.25, 0.3) is 0 Å². The molecule has 0 spiro atoms. The Kier molecular flexibility index (Phi) is 4.80. The summed E-state index contributed by atoms with van der Waals surface area (Å²) in [7, 11) is 0. The highest BCUT2D eigenvalue weighted by Gasteiger charge is 2.52. The Balaban J connectivity index is 1.68. The van der Waals surface area contributed by atoms with Gasteiger partial charge < -0.3 is 19.7 Å². The van der Waals surface area contributed by atoms with Crippen LogP contribution in [0.15, 0.2) is 12.2 Å². The van der Waals surface area contributed by atoms with Gasteiger partial charge in [0.1, 0.15) is 6.10 Å². The third-order valence-corrected chi connectivity index (χ3v) is 6.91. The number of allylic oxidation sites excluding steroid dienone is 1. The minimum atomic E-state index is -1.31. The van der Waals surface area contributed by atoms with Gasteiger partial charge in [-0.3, -0.25) is 0 Å². The number of carbonyl (C=O) groups is 1. The summed E-state index contributed by atoms with van der Waals surface area (Å²) in [6, 6.07) is 0. The van der Waals surface area contributed by atoms with Crippen molar-refractivity contribution in [2.75, 3.05) is 6.79 Å². The van der Waals surface area contributed by atoms with E-state index in [1.165, 1.54) is 0 Å². The lowest BCUT2D eigenvalue weighted by Crippen LogP contribution is -2.44. The smallest absolute Gasteiger partial charge is 0.343 e. The highest BCUT2D eigenvalue weighted by Crippen LogP contribution is 2.57. The number of ether oxygens (including phenoxy) is 2. The van der Waals surface area contributed by atoms with Crippen LogP contribution < -0.4 is 0 Å². The van der Waals surface area contributed by atoms with Gasteiger partial charge in [0.05, 0.1) is 6.10 Å². The van der Waals surface area contributed by atoms with E-state index in [9.17, 15) is 15.0 Å². The fourth-order valence-electron chi connectivity index (χ4n) is 5.26. The van der Waals surface area contributed by atoms with Crippen LogP contribution in [0.5, 0.6) is 0 Å². The van der Waals surface area contributed by atoms with E-state index < -0.39 is 17.7 Å². The normalized spacial score (nSPS) is 45.2. The van der Waals surface area contributed by atoms with E-state index >= 15 is 0 Å². The average Bonchev–Trinajstić information content (AvgIpc) is 3.06. The molecule has 0 aromatic carbocycles. The van der Waals surface area contributed by atoms with Crippen molar-refractivity contribution in [3.63, 3.8) is 0 Å². The first-order valence-corrected chi connectivity index (χ1v) is 9.14. The summed E-state index contributed by atoms with van der Waals surface area (Å²) in [5, 5.41) is 20.7. The van der Waals surface area contributed by atoms with E-state index in [0.717, 1.165) is 32.1 Å². The highest BCUT2D eigenvalue weighted by atomic mass is 16.7. The second kappa shape index (κ2) is 6.43. The van der Waals surface area contributed by atoms with Gasteiger partial charge in [0, 0.05) is 0 Å². The summed E-state index contributed by atoms with van der Waals surface area (Å²) in [5.41, 5.74) is -1.14. The monoisotopic (exact) mass is 338 g/mol. The largest absolute Gasteiger partial charge is 0.436 e. The first-order valence-electron chi connectivity index (χ1n) is 9.14. The minimum absolute atomic E-state index is 0.101. The molecule has 24 heavy (non-hydrogen) atoms. The quantitative estimate of drug-likeness (QED) is 0.608. The summed E-state index contributed by atoms with van der Waals surface area (Å²) in [4.78, 5) is 11.7. The molecule has 3 fully saturated rings. The van der Waals surface area contributed by atoms with E-state index in [4.69, 9.17) is 9.47 Å². The summed E-state index contributed by atoms with van der Waals surface area (Å²) < 4.78 is 10.1.